The molecule has 1 N–H and O–H groups in total. The van der Waals surface area contributed by atoms with Crippen LogP contribution in [0.15, 0.2) is 29.2 Å². The van der Waals surface area contributed by atoms with Crippen molar-refractivity contribution >= 4 is 21.5 Å². The van der Waals surface area contributed by atoms with Gasteiger partial charge >= 0.3 is 5.97 Å². The van der Waals surface area contributed by atoms with Gasteiger partial charge in [-0.25, -0.2) is 8.42 Å². The van der Waals surface area contributed by atoms with Gasteiger partial charge in [-0.05, 0) is 19.1 Å². The van der Waals surface area contributed by atoms with Crippen LogP contribution in [0, 0.1) is 0 Å². The number of sulfone groups is 1. The number of carbonyl (C=O) groups excluding carboxylic acids is 1. The van der Waals surface area contributed by atoms with Crippen molar-refractivity contribution in [1.82, 2.24) is 0 Å². The van der Waals surface area contributed by atoms with Crippen LogP contribution >= 0.6 is 0 Å². The highest BCUT2D eigenvalue weighted by Crippen LogP contribution is 2.21. The molecule has 1 aromatic carbocycles. The van der Waals surface area contributed by atoms with Crippen LogP contribution in [-0.4, -0.2) is 33.3 Å². The van der Waals surface area contributed by atoms with Gasteiger partial charge in [0.15, 0.2) is 9.84 Å². The molecule has 1 aromatic rings. The minimum Gasteiger partial charge on any atom is -0.465 e. The minimum absolute atomic E-state index is 0.0189. The summed E-state index contributed by atoms with van der Waals surface area (Å²) in [6.07, 6.45) is 0. The van der Waals surface area contributed by atoms with Crippen LogP contribution in [0.25, 0.3) is 0 Å². The predicted molar refractivity (Wildman–Crippen MR) is 69.3 cm³/mol. The highest BCUT2D eigenvalue weighted by molar-refractivity contribution is 7.91. The Morgan fingerprint density at radius 2 is 1.94 bits per heavy atom. The normalized spacial score (nSPS) is 11.0. The van der Waals surface area contributed by atoms with Crippen LogP contribution in [0.3, 0.4) is 0 Å². The molecule has 0 saturated heterocycles. The molecule has 0 bridgehead atoms. The molecule has 100 valence electrons. The van der Waals surface area contributed by atoms with E-state index in [4.69, 9.17) is 4.74 Å². The zero-order valence-corrected chi connectivity index (χ0v) is 11.3. The van der Waals surface area contributed by atoms with Crippen molar-refractivity contribution in [3.63, 3.8) is 0 Å². The molecule has 0 aromatic heterocycles. The van der Waals surface area contributed by atoms with Gasteiger partial charge in [-0.2, -0.15) is 0 Å². The molecule has 0 spiro atoms. The average Bonchev–Trinajstić information content (AvgIpc) is 2.37. The molecule has 0 atom stereocenters. The third kappa shape index (κ3) is 3.73. The lowest BCUT2D eigenvalue weighted by molar-refractivity contribution is -0.140. The summed E-state index contributed by atoms with van der Waals surface area (Å²) in [4.78, 5) is 11.4. The van der Waals surface area contributed by atoms with Crippen LogP contribution < -0.4 is 5.32 Å². The predicted octanol–water partition coefficient (Wildman–Crippen LogP) is 1.46. The van der Waals surface area contributed by atoms with Crippen molar-refractivity contribution in [2.75, 3.05) is 24.2 Å². The standard InChI is InChI=1S/C12H17NO4S/c1-3-17-12(14)9-13-10-7-5-6-8-11(10)18(15,16)4-2/h5-8,13H,3-4,9H2,1-2H3. The van der Waals surface area contributed by atoms with E-state index in [-0.39, 0.29) is 17.2 Å². The third-order valence-corrected chi connectivity index (χ3v) is 4.12. The Balaban J connectivity index is 2.87. The summed E-state index contributed by atoms with van der Waals surface area (Å²) in [7, 11) is -3.30. The zero-order chi connectivity index (χ0) is 13.6. The topological polar surface area (TPSA) is 72.5 Å². The fourth-order valence-corrected chi connectivity index (χ4v) is 2.49. The number of esters is 1. The first kappa shape index (κ1) is 14.5. The fraction of sp³-hybridized carbons (Fsp3) is 0.417. The van der Waals surface area contributed by atoms with E-state index in [1.165, 1.54) is 6.07 Å². The summed E-state index contributed by atoms with van der Waals surface area (Å²) in [5.74, 6) is -0.397. The van der Waals surface area contributed by atoms with Gasteiger partial charge in [0, 0.05) is 0 Å². The summed E-state index contributed by atoms with van der Waals surface area (Å²) < 4.78 is 28.4. The first-order chi connectivity index (χ1) is 8.51. The molecule has 0 saturated carbocycles. The molecule has 0 aliphatic rings. The molecule has 5 nitrogen and oxygen atoms in total. The van der Waals surface area contributed by atoms with Gasteiger partial charge in [0.25, 0.3) is 0 Å². The van der Waals surface area contributed by atoms with Crippen LogP contribution in [0.1, 0.15) is 13.8 Å². The summed E-state index contributed by atoms with van der Waals surface area (Å²) >= 11 is 0. The molecule has 0 fully saturated rings. The Morgan fingerprint density at radius 1 is 1.28 bits per heavy atom. The Morgan fingerprint density at radius 3 is 2.56 bits per heavy atom. The monoisotopic (exact) mass is 271 g/mol. The first-order valence-electron chi connectivity index (χ1n) is 5.72. The highest BCUT2D eigenvalue weighted by Gasteiger charge is 2.16. The number of rotatable bonds is 6. The summed E-state index contributed by atoms with van der Waals surface area (Å²) in [6.45, 7) is 3.55. The Bertz CT molecular complexity index is 511. The van der Waals surface area contributed by atoms with Gasteiger partial charge in [0.1, 0.15) is 6.54 Å². The van der Waals surface area contributed by atoms with E-state index in [9.17, 15) is 13.2 Å². The minimum atomic E-state index is -3.30. The molecule has 1 rings (SSSR count). The van der Waals surface area contributed by atoms with Gasteiger partial charge in [-0.15, -0.1) is 0 Å². The molecule has 0 amide bonds. The van der Waals surface area contributed by atoms with Crippen molar-refractivity contribution in [1.29, 1.82) is 0 Å². The third-order valence-electron chi connectivity index (χ3n) is 2.33. The molecule has 0 unspecified atom stereocenters. The molecule has 0 heterocycles. The molecule has 0 radical (unpaired) electrons. The lowest BCUT2D eigenvalue weighted by atomic mass is 10.3. The van der Waals surface area contributed by atoms with E-state index in [0.29, 0.717) is 12.3 Å². The van der Waals surface area contributed by atoms with E-state index < -0.39 is 15.8 Å². The fourth-order valence-electron chi connectivity index (χ4n) is 1.42. The molecule has 18 heavy (non-hydrogen) atoms. The Hall–Kier alpha value is -1.56. The van der Waals surface area contributed by atoms with Crippen molar-refractivity contribution in [2.24, 2.45) is 0 Å². The Labute approximate surface area is 107 Å². The molecule has 0 aliphatic heterocycles. The van der Waals surface area contributed by atoms with Crippen LogP contribution in [0.2, 0.25) is 0 Å². The van der Waals surface area contributed by atoms with Crippen molar-refractivity contribution in [3.05, 3.63) is 24.3 Å². The van der Waals surface area contributed by atoms with Gasteiger partial charge < -0.3 is 10.1 Å². The number of hydrogen-bond donors (Lipinski definition) is 1. The molecule has 6 heteroatoms. The quantitative estimate of drug-likeness (QED) is 0.793. The number of benzene rings is 1. The van der Waals surface area contributed by atoms with E-state index in [1.807, 2.05) is 0 Å². The van der Waals surface area contributed by atoms with Crippen molar-refractivity contribution in [2.45, 2.75) is 18.7 Å². The summed E-state index contributed by atoms with van der Waals surface area (Å²) in [5, 5.41) is 2.78. The van der Waals surface area contributed by atoms with Gasteiger partial charge in [0.05, 0.1) is 22.9 Å². The van der Waals surface area contributed by atoms with E-state index >= 15 is 0 Å². The van der Waals surface area contributed by atoms with E-state index in [2.05, 4.69) is 5.32 Å². The molecule has 0 aliphatic carbocycles. The SMILES string of the molecule is CCOC(=O)CNc1ccccc1S(=O)(=O)CC. The van der Waals surface area contributed by atoms with E-state index in [0.717, 1.165) is 0 Å². The first-order valence-corrected chi connectivity index (χ1v) is 7.37. The lowest BCUT2D eigenvalue weighted by Gasteiger charge is -2.11. The van der Waals surface area contributed by atoms with Gasteiger partial charge in [0.2, 0.25) is 0 Å². The maximum absolute atomic E-state index is 11.8. The summed E-state index contributed by atoms with van der Waals surface area (Å²) in [5.41, 5.74) is 0.424. The largest absolute Gasteiger partial charge is 0.465 e. The second-order valence-electron chi connectivity index (χ2n) is 3.56. The number of carbonyl (C=O) groups is 1. The van der Waals surface area contributed by atoms with E-state index in [1.54, 1.807) is 32.0 Å². The smallest absolute Gasteiger partial charge is 0.325 e. The second-order valence-corrected chi connectivity index (χ2v) is 5.80. The number of hydrogen-bond acceptors (Lipinski definition) is 5. The van der Waals surface area contributed by atoms with Crippen LogP contribution in [0.5, 0.6) is 0 Å². The van der Waals surface area contributed by atoms with Crippen LogP contribution in [0.4, 0.5) is 5.69 Å². The lowest BCUT2D eigenvalue weighted by Crippen LogP contribution is -2.18. The number of nitrogens with one attached hydrogen (secondary N) is 1. The number of anilines is 1. The zero-order valence-electron chi connectivity index (χ0n) is 10.5. The number of ether oxygens (including phenoxy) is 1. The van der Waals surface area contributed by atoms with Gasteiger partial charge in [-0.1, -0.05) is 19.1 Å². The summed E-state index contributed by atoms with van der Waals surface area (Å²) in [6, 6.07) is 6.51. The molecular weight excluding hydrogens is 254 g/mol. The van der Waals surface area contributed by atoms with Crippen molar-refractivity contribution in [3.8, 4) is 0 Å². The maximum Gasteiger partial charge on any atom is 0.325 e. The van der Waals surface area contributed by atoms with Crippen molar-refractivity contribution < 1.29 is 17.9 Å². The highest BCUT2D eigenvalue weighted by atomic mass is 32.2. The average molecular weight is 271 g/mol. The molecular formula is C12H17NO4S. The Kier molecular flexibility index (Phi) is 5.15. The van der Waals surface area contributed by atoms with Crippen LogP contribution in [-0.2, 0) is 19.4 Å². The maximum atomic E-state index is 11.8. The second kappa shape index (κ2) is 6.39. The number of para-hydroxylation sites is 1. The van der Waals surface area contributed by atoms with Gasteiger partial charge in [-0.3, -0.25) is 4.79 Å².